The Hall–Kier alpha value is -2.64. The van der Waals surface area contributed by atoms with Gasteiger partial charge in [-0.3, -0.25) is 4.90 Å². The number of rotatable bonds is 5. The zero-order chi connectivity index (χ0) is 20.3. The monoisotopic (exact) mass is 388 g/mol. The minimum Gasteiger partial charge on any atom is -0.475 e. The van der Waals surface area contributed by atoms with Gasteiger partial charge in [0.05, 0.1) is 12.1 Å². The first-order valence-corrected chi connectivity index (χ1v) is 9.73. The standard InChI is InChI=1S/C20H28N4O4/c1-6-13(2)26-16-12-14(9-10-21-16)18-22-17(23-28-18)15-8-7-11-24(15)19(25)27-20(3,4)5/h9-10,12-13,15H,6-8,11H2,1-5H3/t13-,15+/m0/s1. The van der Waals surface area contributed by atoms with Crippen LogP contribution in [0.25, 0.3) is 11.5 Å². The number of carbonyl (C=O) groups excluding carboxylic acids is 1. The van der Waals surface area contributed by atoms with Crippen LogP contribution in [0.3, 0.4) is 0 Å². The van der Waals surface area contributed by atoms with Crippen molar-refractivity contribution in [1.29, 1.82) is 0 Å². The van der Waals surface area contributed by atoms with E-state index in [1.165, 1.54) is 0 Å². The lowest BCUT2D eigenvalue weighted by atomic mass is 10.2. The minimum absolute atomic E-state index is 0.0712. The van der Waals surface area contributed by atoms with E-state index in [2.05, 4.69) is 22.0 Å². The van der Waals surface area contributed by atoms with Gasteiger partial charge < -0.3 is 14.0 Å². The Balaban J connectivity index is 1.76. The predicted octanol–water partition coefficient (Wildman–Crippen LogP) is 4.38. The lowest BCUT2D eigenvalue weighted by molar-refractivity contribution is 0.0217. The zero-order valence-electron chi connectivity index (χ0n) is 17.1. The Bertz CT molecular complexity index is 815. The van der Waals surface area contributed by atoms with Crippen LogP contribution in [0.1, 0.15) is 65.7 Å². The molecule has 1 fully saturated rings. The molecule has 8 nitrogen and oxygen atoms in total. The van der Waals surface area contributed by atoms with Crippen LogP contribution in [0.15, 0.2) is 22.9 Å². The van der Waals surface area contributed by atoms with E-state index in [4.69, 9.17) is 14.0 Å². The van der Waals surface area contributed by atoms with Gasteiger partial charge in [0.1, 0.15) is 5.60 Å². The lowest BCUT2D eigenvalue weighted by Crippen LogP contribution is -2.36. The fourth-order valence-corrected chi connectivity index (χ4v) is 2.96. The van der Waals surface area contributed by atoms with Gasteiger partial charge in [0.25, 0.3) is 5.89 Å². The van der Waals surface area contributed by atoms with Crippen molar-refractivity contribution in [2.24, 2.45) is 0 Å². The van der Waals surface area contributed by atoms with Gasteiger partial charge in [-0.2, -0.15) is 4.98 Å². The fraction of sp³-hybridized carbons (Fsp3) is 0.600. The molecule has 2 aromatic heterocycles. The molecule has 0 radical (unpaired) electrons. The highest BCUT2D eigenvalue weighted by Gasteiger charge is 2.36. The number of carbonyl (C=O) groups is 1. The molecule has 2 aromatic rings. The molecule has 152 valence electrons. The highest BCUT2D eigenvalue weighted by molar-refractivity contribution is 5.69. The molecular formula is C20H28N4O4. The summed E-state index contributed by atoms with van der Waals surface area (Å²) in [5.41, 5.74) is 0.185. The number of likely N-dealkylation sites (tertiary alicyclic amines) is 1. The second-order valence-electron chi connectivity index (χ2n) is 8.01. The summed E-state index contributed by atoms with van der Waals surface area (Å²) in [5, 5.41) is 4.11. The molecule has 8 heteroatoms. The zero-order valence-corrected chi connectivity index (χ0v) is 17.1. The molecule has 3 rings (SSSR count). The molecule has 2 atom stereocenters. The maximum Gasteiger partial charge on any atom is 0.410 e. The molecule has 0 unspecified atom stereocenters. The van der Waals surface area contributed by atoms with E-state index in [9.17, 15) is 4.79 Å². The first kappa shape index (κ1) is 20.1. The number of pyridine rings is 1. The molecule has 1 saturated heterocycles. The van der Waals surface area contributed by atoms with E-state index in [1.54, 1.807) is 23.2 Å². The van der Waals surface area contributed by atoms with E-state index in [0.717, 1.165) is 24.8 Å². The summed E-state index contributed by atoms with van der Waals surface area (Å²) in [5.74, 6) is 1.38. The van der Waals surface area contributed by atoms with E-state index in [-0.39, 0.29) is 18.2 Å². The molecule has 1 amide bonds. The molecule has 0 bridgehead atoms. The van der Waals surface area contributed by atoms with Gasteiger partial charge in [0, 0.05) is 24.4 Å². The second kappa shape index (κ2) is 8.16. The van der Waals surface area contributed by atoms with Crippen LogP contribution in [0.5, 0.6) is 5.88 Å². The summed E-state index contributed by atoms with van der Waals surface area (Å²) >= 11 is 0. The van der Waals surface area contributed by atoms with Crippen LogP contribution >= 0.6 is 0 Å². The summed E-state index contributed by atoms with van der Waals surface area (Å²) in [4.78, 5) is 22.9. The first-order valence-electron chi connectivity index (χ1n) is 9.73. The predicted molar refractivity (Wildman–Crippen MR) is 103 cm³/mol. The highest BCUT2D eigenvalue weighted by Crippen LogP contribution is 2.33. The van der Waals surface area contributed by atoms with E-state index < -0.39 is 5.60 Å². The molecule has 0 N–H and O–H groups in total. The Labute approximate surface area is 165 Å². The Morgan fingerprint density at radius 1 is 1.43 bits per heavy atom. The Morgan fingerprint density at radius 2 is 2.21 bits per heavy atom. The van der Waals surface area contributed by atoms with Crippen LogP contribution in [0, 0.1) is 0 Å². The molecule has 0 spiro atoms. The van der Waals surface area contributed by atoms with Crippen LogP contribution in [-0.4, -0.2) is 44.4 Å². The molecule has 0 saturated carbocycles. The van der Waals surface area contributed by atoms with Crippen molar-refractivity contribution in [3.63, 3.8) is 0 Å². The SMILES string of the molecule is CC[C@H](C)Oc1cc(-c2nc([C@H]3CCCN3C(=O)OC(C)(C)C)no2)ccn1. The van der Waals surface area contributed by atoms with Gasteiger partial charge in [-0.25, -0.2) is 9.78 Å². The van der Waals surface area contributed by atoms with Gasteiger partial charge >= 0.3 is 6.09 Å². The van der Waals surface area contributed by atoms with Gasteiger partial charge in [-0.05, 0) is 53.0 Å². The van der Waals surface area contributed by atoms with Crippen molar-refractivity contribution >= 4 is 6.09 Å². The third-order valence-electron chi connectivity index (χ3n) is 4.50. The molecular weight excluding hydrogens is 360 g/mol. The molecule has 3 heterocycles. The van der Waals surface area contributed by atoms with Crippen molar-refractivity contribution in [2.75, 3.05) is 6.54 Å². The molecule has 0 aliphatic carbocycles. The highest BCUT2D eigenvalue weighted by atomic mass is 16.6. The quantitative estimate of drug-likeness (QED) is 0.750. The molecule has 0 aromatic carbocycles. The van der Waals surface area contributed by atoms with Crippen LogP contribution in [-0.2, 0) is 4.74 Å². The summed E-state index contributed by atoms with van der Waals surface area (Å²) in [7, 11) is 0. The third kappa shape index (κ3) is 4.79. The normalized spacial score (nSPS) is 18.2. The van der Waals surface area contributed by atoms with E-state index >= 15 is 0 Å². The summed E-state index contributed by atoms with van der Waals surface area (Å²) in [6, 6.07) is 3.33. The van der Waals surface area contributed by atoms with Gasteiger partial charge in [0.15, 0.2) is 5.82 Å². The summed E-state index contributed by atoms with van der Waals surface area (Å²) in [6.45, 7) is 10.2. The van der Waals surface area contributed by atoms with Crippen LogP contribution in [0.4, 0.5) is 4.79 Å². The lowest BCUT2D eigenvalue weighted by Gasteiger charge is -2.27. The number of ether oxygens (including phenoxy) is 2. The van der Waals surface area contributed by atoms with Crippen molar-refractivity contribution in [2.45, 2.75) is 71.6 Å². The van der Waals surface area contributed by atoms with Crippen LogP contribution in [0.2, 0.25) is 0 Å². The van der Waals surface area contributed by atoms with Crippen molar-refractivity contribution in [1.82, 2.24) is 20.0 Å². The Morgan fingerprint density at radius 3 is 2.93 bits per heavy atom. The largest absolute Gasteiger partial charge is 0.475 e. The van der Waals surface area contributed by atoms with E-state index in [1.807, 2.05) is 27.7 Å². The smallest absolute Gasteiger partial charge is 0.410 e. The van der Waals surface area contributed by atoms with Crippen molar-refractivity contribution < 1.29 is 18.8 Å². The number of nitrogens with zero attached hydrogens (tertiary/aromatic N) is 4. The first-order chi connectivity index (χ1) is 13.3. The second-order valence-corrected chi connectivity index (χ2v) is 8.01. The topological polar surface area (TPSA) is 90.6 Å². The molecule has 1 aliphatic heterocycles. The average Bonchev–Trinajstić information content (AvgIpc) is 3.29. The molecule has 28 heavy (non-hydrogen) atoms. The summed E-state index contributed by atoms with van der Waals surface area (Å²) in [6.07, 6.45) is 3.90. The van der Waals surface area contributed by atoms with Crippen molar-refractivity contribution in [3.05, 3.63) is 24.2 Å². The third-order valence-corrected chi connectivity index (χ3v) is 4.50. The van der Waals surface area contributed by atoms with E-state index in [0.29, 0.717) is 24.1 Å². The van der Waals surface area contributed by atoms with Gasteiger partial charge in [-0.1, -0.05) is 12.1 Å². The van der Waals surface area contributed by atoms with Crippen LogP contribution < -0.4 is 4.74 Å². The van der Waals surface area contributed by atoms with Gasteiger partial charge in [-0.15, -0.1) is 0 Å². The fourth-order valence-electron chi connectivity index (χ4n) is 2.96. The van der Waals surface area contributed by atoms with Gasteiger partial charge in [0.2, 0.25) is 5.88 Å². The minimum atomic E-state index is -0.546. The molecule has 1 aliphatic rings. The number of hydrogen-bond donors (Lipinski definition) is 0. The number of amides is 1. The summed E-state index contributed by atoms with van der Waals surface area (Å²) < 4.78 is 16.7. The average molecular weight is 388 g/mol. The van der Waals surface area contributed by atoms with Crippen molar-refractivity contribution in [3.8, 4) is 17.3 Å². The number of hydrogen-bond acceptors (Lipinski definition) is 7. The maximum atomic E-state index is 12.5. The Kier molecular flexibility index (Phi) is 5.86. The number of aromatic nitrogens is 3. The maximum absolute atomic E-state index is 12.5.